The molecule has 2 N–H and O–H groups in total. The van der Waals surface area contributed by atoms with Gasteiger partial charge in [0.05, 0.1) is 0 Å². The summed E-state index contributed by atoms with van der Waals surface area (Å²) in [7, 11) is -2.47. The summed E-state index contributed by atoms with van der Waals surface area (Å²) >= 11 is 0. The molecule has 7 heavy (non-hydrogen) atoms. The van der Waals surface area contributed by atoms with Crippen LogP contribution in [0, 0.1) is 0 Å². The molecule has 0 saturated carbocycles. The number of hydrogen-bond donors (Lipinski definition) is 0. The van der Waals surface area contributed by atoms with Crippen molar-refractivity contribution in [3.05, 3.63) is 0 Å². The number of carbonyl (C=O) groups excluding carboxylic acids is 1. The summed E-state index contributed by atoms with van der Waals surface area (Å²) in [5.74, 6) is 0. The van der Waals surface area contributed by atoms with Crippen LogP contribution in [0.3, 0.4) is 0 Å². The summed E-state index contributed by atoms with van der Waals surface area (Å²) in [6.45, 7) is 0. The minimum Gasteiger partial charge on any atom is -0.595 e. The van der Waals surface area contributed by atoms with E-state index in [-0.39, 0.29) is 11.6 Å². The second kappa shape index (κ2) is 5.69. The van der Waals surface area contributed by atoms with Crippen LogP contribution in [0.15, 0.2) is 0 Å². The molecule has 0 aliphatic rings. The van der Waals surface area contributed by atoms with E-state index in [1.54, 1.807) is 0 Å². The van der Waals surface area contributed by atoms with Crippen molar-refractivity contribution in [3.8, 4) is 0 Å². The van der Waals surface area contributed by atoms with Crippen LogP contribution in [0.5, 0.6) is 0 Å². The topological polar surface area (TPSA) is 88.7 Å². The van der Waals surface area contributed by atoms with Crippen molar-refractivity contribution in [3.63, 3.8) is 0 Å². The Hall–Kier alpha value is -0.310. The normalized spacial score (nSPS) is 9.00. The molecule has 0 aliphatic carbocycles. The van der Waals surface area contributed by atoms with E-state index in [4.69, 9.17) is 0 Å². The van der Waals surface area contributed by atoms with Gasteiger partial charge in [0, 0.05) is 0 Å². The minimum absolute atomic E-state index is 0. The van der Waals surface area contributed by atoms with Gasteiger partial charge in [-0.2, -0.15) is 0 Å². The zero-order chi connectivity index (χ0) is 4.99. The molecule has 0 aromatic carbocycles. The van der Waals surface area contributed by atoms with Crippen LogP contribution in [-0.2, 0) is 9.36 Å². The van der Waals surface area contributed by atoms with Gasteiger partial charge < -0.3 is 10.4 Å². The zero-order valence-electron chi connectivity index (χ0n) is 3.46. The largest absolute Gasteiger partial charge is 0.595 e. The summed E-state index contributed by atoms with van der Waals surface area (Å²) in [5.41, 5.74) is 0. The summed E-state index contributed by atoms with van der Waals surface area (Å²) in [6, 6.07) is 0. The fourth-order valence-corrected chi connectivity index (χ4v) is 0.183. The number of hydrogen-bond acceptors (Lipinski definition) is 3. The van der Waals surface area contributed by atoms with E-state index >= 15 is 0 Å². The van der Waals surface area contributed by atoms with Gasteiger partial charge in [-0.05, 0) is 0 Å². The van der Waals surface area contributed by atoms with Gasteiger partial charge in [-0.3, -0.25) is 4.79 Å². The second-order valence-electron chi connectivity index (χ2n) is 0.682. The lowest BCUT2D eigenvalue weighted by molar-refractivity contribution is -0.164. The maximum absolute atomic E-state index is 9.41. The second-order valence-corrected chi connectivity index (χ2v) is 1.71. The minimum atomic E-state index is -2.47. The molecule has 0 amide bonds. The molecule has 0 radical (unpaired) electrons. The highest BCUT2D eigenvalue weighted by Gasteiger charge is 1.91. The fourth-order valence-electron chi connectivity index (χ4n) is 0.0609. The van der Waals surface area contributed by atoms with E-state index in [0.29, 0.717) is 6.29 Å². The molecule has 5 heteroatoms. The summed E-state index contributed by atoms with van der Waals surface area (Å²) in [4.78, 5) is 18.6. The highest BCUT2D eigenvalue weighted by atomic mass is 31.1. The predicted molar refractivity (Wildman–Crippen MR) is 22.2 cm³/mol. The van der Waals surface area contributed by atoms with Crippen LogP contribution in [0.4, 0.5) is 0 Å². The maximum atomic E-state index is 9.41. The van der Waals surface area contributed by atoms with Gasteiger partial charge >= 0.3 is 8.03 Å². The highest BCUT2D eigenvalue weighted by molar-refractivity contribution is 7.37. The Morgan fingerprint density at radius 3 is 2.14 bits per heavy atom. The van der Waals surface area contributed by atoms with E-state index in [1.165, 1.54) is 0 Å². The lowest BCUT2D eigenvalue weighted by Gasteiger charge is -1.70. The third kappa shape index (κ3) is 10.7. The van der Waals surface area contributed by atoms with Crippen molar-refractivity contribution in [1.29, 1.82) is 0 Å². The third-order valence-corrected chi connectivity index (χ3v) is 0.671. The van der Waals surface area contributed by atoms with Crippen molar-refractivity contribution < 1.29 is 19.7 Å². The molecule has 0 aromatic heterocycles. The number of carbonyl (C=O) groups is 1. The van der Waals surface area contributed by atoms with E-state index in [1.807, 2.05) is 0 Å². The molecule has 0 aromatic rings. The molecule has 0 aliphatic heterocycles. The molecule has 1 atom stereocenters. The lowest BCUT2D eigenvalue weighted by Crippen LogP contribution is -1.90. The van der Waals surface area contributed by atoms with Crippen LogP contribution in [0.25, 0.3) is 0 Å². The van der Waals surface area contributed by atoms with Gasteiger partial charge in [0.1, 0.15) is 0 Å². The summed E-state index contributed by atoms with van der Waals surface area (Å²) in [6.07, 6.45) is 0.00103. The third-order valence-electron chi connectivity index (χ3n) is 0.224. The summed E-state index contributed by atoms with van der Waals surface area (Å²) in [5, 5.41) is 0. The first-order chi connectivity index (χ1) is 2.77. The quantitative estimate of drug-likeness (QED) is 0.330. The van der Waals surface area contributed by atoms with Crippen molar-refractivity contribution in [1.82, 2.24) is 0 Å². The van der Waals surface area contributed by atoms with Gasteiger partial charge in [0.2, 0.25) is 0 Å². The standard InChI is InChI=1S/C2H3O3P.H2O/c3-1-2-6(4)5;/h1H,2H2;1H2. The Balaban J connectivity index is 0. The number of rotatable bonds is 2. The lowest BCUT2D eigenvalue weighted by atomic mass is 10.9. The molecule has 0 saturated heterocycles. The Bertz CT molecular complexity index is 70.1. The Morgan fingerprint density at radius 2 is 2.14 bits per heavy atom. The van der Waals surface area contributed by atoms with Crippen LogP contribution in [-0.4, -0.2) is 17.9 Å². The van der Waals surface area contributed by atoms with Crippen molar-refractivity contribution in [2.75, 3.05) is 6.16 Å². The van der Waals surface area contributed by atoms with Crippen molar-refractivity contribution in [2.24, 2.45) is 0 Å². The molecule has 0 bridgehead atoms. The zero-order valence-corrected chi connectivity index (χ0v) is 4.35. The van der Waals surface area contributed by atoms with Crippen LogP contribution < -0.4 is 4.89 Å². The first kappa shape index (κ1) is 9.85. The van der Waals surface area contributed by atoms with Crippen molar-refractivity contribution in [2.45, 2.75) is 0 Å². The van der Waals surface area contributed by atoms with Crippen LogP contribution in [0.2, 0.25) is 0 Å². The average molecular weight is 124 g/mol. The van der Waals surface area contributed by atoms with Crippen LogP contribution >= 0.6 is 8.03 Å². The van der Waals surface area contributed by atoms with E-state index in [2.05, 4.69) is 0 Å². The smallest absolute Gasteiger partial charge is 0.316 e. The average Bonchev–Trinajstić information content (AvgIpc) is 1.35. The first-order valence-corrected chi connectivity index (χ1v) is 2.69. The van der Waals surface area contributed by atoms with Gasteiger partial charge in [0.25, 0.3) is 0 Å². The molecule has 0 spiro atoms. The van der Waals surface area contributed by atoms with Gasteiger partial charge in [0.15, 0.2) is 12.4 Å². The van der Waals surface area contributed by atoms with Gasteiger partial charge in [-0.25, -0.2) is 0 Å². The van der Waals surface area contributed by atoms with Gasteiger partial charge in [-0.15, -0.1) is 0 Å². The SMILES string of the molecule is O.O=CC[P+](=O)[O-]. The molecule has 4 nitrogen and oxygen atoms in total. The Morgan fingerprint density at radius 1 is 1.71 bits per heavy atom. The molecule has 1 unspecified atom stereocenters. The first-order valence-electron chi connectivity index (χ1n) is 1.33. The van der Waals surface area contributed by atoms with E-state index in [9.17, 15) is 14.3 Å². The Kier molecular flexibility index (Phi) is 8.00. The highest BCUT2D eigenvalue weighted by Crippen LogP contribution is 2.00. The van der Waals surface area contributed by atoms with E-state index in [0.717, 1.165) is 0 Å². The summed E-state index contributed by atoms with van der Waals surface area (Å²) < 4.78 is 9.41. The molecule has 0 rings (SSSR count). The van der Waals surface area contributed by atoms with Crippen molar-refractivity contribution >= 4 is 14.3 Å². The fraction of sp³-hybridized carbons (Fsp3) is 0.500. The van der Waals surface area contributed by atoms with E-state index < -0.39 is 8.03 Å². The molecule has 0 fully saturated rings. The molecule has 42 valence electrons. The number of aldehydes is 1. The van der Waals surface area contributed by atoms with Gasteiger partial charge in [-0.1, -0.05) is 4.57 Å². The predicted octanol–water partition coefficient (Wildman–Crippen LogP) is -1.54. The Labute approximate surface area is 41.3 Å². The monoisotopic (exact) mass is 124 g/mol. The molecule has 0 heterocycles. The molecular formula is C2H5O4P. The maximum Gasteiger partial charge on any atom is 0.316 e. The molecular weight excluding hydrogens is 119 g/mol. The van der Waals surface area contributed by atoms with Crippen LogP contribution in [0.1, 0.15) is 0 Å².